The Balaban J connectivity index is 0.000000615. The highest BCUT2D eigenvalue weighted by molar-refractivity contribution is 5.87. The van der Waals surface area contributed by atoms with E-state index < -0.39 is 5.97 Å². The highest BCUT2D eigenvalue weighted by Gasteiger charge is 2.09. The molecule has 0 saturated heterocycles. The van der Waals surface area contributed by atoms with E-state index in [-0.39, 0.29) is 17.1 Å². The molecule has 2 heterocycles. The van der Waals surface area contributed by atoms with Crippen LogP contribution >= 0.6 is 0 Å². The van der Waals surface area contributed by atoms with Gasteiger partial charge in [0.25, 0.3) is 5.56 Å². The molecule has 3 aromatic rings. The van der Waals surface area contributed by atoms with Crippen LogP contribution in [0.15, 0.2) is 41.5 Å². The maximum absolute atomic E-state index is 11.9. The number of rotatable bonds is 2. The van der Waals surface area contributed by atoms with Crippen molar-refractivity contribution in [3.8, 4) is 5.95 Å². The van der Waals surface area contributed by atoms with E-state index in [0.29, 0.717) is 10.9 Å². The third-order valence-corrected chi connectivity index (χ3v) is 2.65. The molecular formula is C16H20N4O3. The minimum atomic E-state index is -1.09. The lowest BCUT2D eigenvalue weighted by Crippen LogP contribution is -2.13. The molecule has 0 aliphatic heterocycles. The summed E-state index contributed by atoms with van der Waals surface area (Å²) in [5, 5.41) is 13.2. The zero-order valence-electron chi connectivity index (χ0n) is 13.6. The van der Waals surface area contributed by atoms with Crippen molar-refractivity contribution in [2.75, 3.05) is 0 Å². The van der Waals surface area contributed by atoms with Gasteiger partial charge in [-0.2, -0.15) is 5.10 Å². The highest BCUT2D eigenvalue weighted by atomic mass is 16.4. The average Bonchev–Trinajstić information content (AvgIpc) is 3.09. The van der Waals surface area contributed by atoms with Gasteiger partial charge in [-0.3, -0.25) is 9.78 Å². The minimum absolute atomic E-state index is 0.0239. The van der Waals surface area contributed by atoms with Crippen LogP contribution in [0.1, 0.15) is 38.1 Å². The number of H-pyrrole nitrogens is 1. The Morgan fingerprint density at radius 1 is 1.17 bits per heavy atom. The largest absolute Gasteiger partial charge is 0.478 e. The van der Waals surface area contributed by atoms with Crippen LogP contribution in [0.2, 0.25) is 0 Å². The number of nitrogens with one attached hydrogen (secondary N) is 1. The van der Waals surface area contributed by atoms with E-state index in [1.807, 2.05) is 27.7 Å². The molecule has 0 aliphatic rings. The van der Waals surface area contributed by atoms with E-state index in [0.717, 1.165) is 0 Å². The maximum Gasteiger partial charge on any atom is 0.338 e. The van der Waals surface area contributed by atoms with Crippen LogP contribution in [0.3, 0.4) is 0 Å². The normalized spacial score (nSPS) is 9.39. The number of aromatic nitrogens is 4. The van der Waals surface area contributed by atoms with Crippen LogP contribution in [0.4, 0.5) is 0 Å². The third-order valence-electron chi connectivity index (χ3n) is 2.65. The number of aromatic carboxylic acids is 1. The molecular weight excluding hydrogens is 296 g/mol. The second-order valence-corrected chi connectivity index (χ2v) is 3.89. The summed E-state index contributed by atoms with van der Waals surface area (Å²) in [5.74, 6) is -0.911. The summed E-state index contributed by atoms with van der Waals surface area (Å²) in [6.45, 7) is 8.00. The van der Waals surface area contributed by atoms with E-state index >= 15 is 0 Å². The van der Waals surface area contributed by atoms with Crippen LogP contribution in [0.5, 0.6) is 0 Å². The van der Waals surface area contributed by atoms with Crippen LogP contribution in [0, 0.1) is 0 Å². The molecule has 0 unspecified atom stereocenters. The van der Waals surface area contributed by atoms with Gasteiger partial charge in [-0.15, -0.1) is 0 Å². The summed E-state index contributed by atoms with van der Waals surface area (Å²) in [5.41, 5.74) is 0.248. The lowest BCUT2D eigenvalue weighted by atomic mass is 10.2. The minimum Gasteiger partial charge on any atom is -0.478 e. The fraction of sp³-hybridized carbons (Fsp3) is 0.250. The third kappa shape index (κ3) is 4.03. The second-order valence-electron chi connectivity index (χ2n) is 3.89. The van der Waals surface area contributed by atoms with Crippen molar-refractivity contribution in [2.45, 2.75) is 27.7 Å². The molecule has 0 saturated carbocycles. The molecule has 2 aromatic heterocycles. The molecule has 7 nitrogen and oxygen atoms in total. The van der Waals surface area contributed by atoms with Gasteiger partial charge in [0.15, 0.2) is 0 Å². The molecule has 0 radical (unpaired) electrons. The van der Waals surface area contributed by atoms with Gasteiger partial charge < -0.3 is 5.11 Å². The first-order valence-corrected chi connectivity index (χ1v) is 7.42. The zero-order valence-corrected chi connectivity index (χ0v) is 13.6. The Labute approximate surface area is 133 Å². The van der Waals surface area contributed by atoms with Gasteiger partial charge in [0, 0.05) is 6.20 Å². The van der Waals surface area contributed by atoms with Crippen LogP contribution in [0.25, 0.3) is 16.9 Å². The average molecular weight is 316 g/mol. The van der Waals surface area contributed by atoms with E-state index in [1.165, 1.54) is 17.1 Å². The number of aromatic amines is 1. The zero-order chi connectivity index (χ0) is 17.4. The fourth-order valence-corrected chi connectivity index (χ4v) is 1.73. The second kappa shape index (κ2) is 8.47. The Bertz CT molecular complexity index is 836. The molecule has 0 aliphatic carbocycles. The van der Waals surface area contributed by atoms with Gasteiger partial charge >= 0.3 is 5.97 Å². The number of carboxylic acid groups (broad SMARTS) is 1. The number of hydrogen-bond acceptors (Lipinski definition) is 4. The summed E-state index contributed by atoms with van der Waals surface area (Å²) in [4.78, 5) is 29.4. The van der Waals surface area contributed by atoms with Crippen LogP contribution in [-0.4, -0.2) is 30.8 Å². The Morgan fingerprint density at radius 2 is 1.83 bits per heavy atom. The summed E-state index contributed by atoms with van der Waals surface area (Å²) < 4.78 is 1.22. The molecule has 122 valence electrons. The van der Waals surface area contributed by atoms with E-state index in [9.17, 15) is 9.59 Å². The first-order chi connectivity index (χ1) is 11.1. The van der Waals surface area contributed by atoms with Crippen molar-refractivity contribution in [1.29, 1.82) is 0 Å². The van der Waals surface area contributed by atoms with Crippen LogP contribution < -0.4 is 5.56 Å². The lowest BCUT2D eigenvalue weighted by molar-refractivity contribution is 0.0697. The number of carboxylic acids is 1. The summed E-state index contributed by atoms with van der Waals surface area (Å²) >= 11 is 0. The van der Waals surface area contributed by atoms with E-state index in [4.69, 9.17) is 5.11 Å². The monoisotopic (exact) mass is 316 g/mol. The number of fused-ring (bicyclic) bond motifs is 1. The van der Waals surface area contributed by atoms with Crippen molar-refractivity contribution < 1.29 is 9.90 Å². The van der Waals surface area contributed by atoms with Crippen molar-refractivity contribution in [2.24, 2.45) is 0 Å². The topological polar surface area (TPSA) is 101 Å². The molecule has 7 heteroatoms. The predicted octanol–water partition coefficient (Wildman–Crippen LogP) is 2.86. The Hall–Kier alpha value is -2.96. The molecule has 0 atom stereocenters. The van der Waals surface area contributed by atoms with Gasteiger partial charge in [-0.05, 0) is 12.1 Å². The van der Waals surface area contributed by atoms with Crippen molar-refractivity contribution in [3.63, 3.8) is 0 Å². The number of nitrogens with zero attached hydrogens (tertiary/aromatic N) is 3. The lowest BCUT2D eigenvalue weighted by Gasteiger charge is -2.01. The number of benzene rings is 1. The van der Waals surface area contributed by atoms with E-state index in [2.05, 4.69) is 15.1 Å². The number of hydrogen-bond donors (Lipinski definition) is 2. The highest BCUT2D eigenvalue weighted by Crippen LogP contribution is 2.08. The van der Waals surface area contributed by atoms with Crippen molar-refractivity contribution in [1.82, 2.24) is 19.7 Å². The molecule has 1 aromatic carbocycles. The van der Waals surface area contributed by atoms with Crippen molar-refractivity contribution in [3.05, 3.63) is 52.6 Å². The maximum atomic E-state index is 11.9. The molecule has 0 amide bonds. The smallest absolute Gasteiger partial charge is 0.338 e. The van der Waals surface area contributed by atoms with Gasteiger partial charge in [-0.1, -0.05) is 39.8 Å². The molecule has 0 fully saturated rings. The first kappa shape index (κ1) is 18.1. The summed E-state index contributed by atoms with van der Waals surface area (Å²) in [7, 11) is 0. The number of para-hydroxylation sites is 1. The first-order valence-electron chi connectivity index (χ1n) is 7.42. The quantitative estimate of drug-likeness (QED) is 0.757. The SMILES string of the molecule is CC.CC.O=C(O)c1cnn(-c2nc3ccccc3c(=O)[nH]2)c1. The van der Waals surface area contributed by atoms with Gasteiger partial charge in [-0.25, -0.2) is 14.5 Å². The fourth-order valence-electron chi connectivity index (χ4n) is 1.73. The van der Waals surface area contributed by atoms with Crippen molar-refractivity contribution >= 4 is 16.9 Å². The van der Waals surface area contributed by atoms with Gasteiger partial charge in [0.1, 0.15) is 0 Å². The number of carbonyl (C=O) groups is 1. The molecule has 23 heavy (non-hydrogen) atoms. The predicted molar refractivity (Wildman–Crippen MR) is 89.1 cm³/mol. The van der Waals surface area contributed by atoms with E-state index in [1.54, 1.807) is 24.3 Å². The van der Waals surface area contributed by atoms with Gasteiger partial charge in [0.2, 0.25) is 5.95 Å². The molecule has 2 N–H and O–H groups in total. The Kier molecular flexibility index (Phi) is 6.67. The van der Waals surface area contributed by atoms with Crippen LogP contribution in [-0.2, 0) is 0 Å². The summed E-state index contributed by atoms with van der Waals surface area (Å²) in [6.07, 6.45) is 2.48. The standard InChI is InChI=1S/C12H8N4O3.2C2H6/c17-10-8-3-1-2-4-9(8)14-12(15-10)16-6-7(5-13-16)11(18)19;2*1-2/h1-6H,(H,18,19)(H,14,15,17);2*1-2H3. The summed E-state index contributed by atoms with van der Waals surface area (Å²) in [6, 6.07) is 6.88. The van der Waals surface area contributed by atoms with Gasteiger partial charge in [0.05, 0.1) is 22.7 Å². The molecule has 0 spiro atoms. The Morgan fingerprint density at radius 3 is 2.43 bits per heavy atom. The molecule has 0 bridgehead atoms. The molecule has 3 rings (SSSR count).